The summed E-state index contributed by atoms with van der Waals surface area (Å²) in [5.41, 5.74) is 4.47. The van der Waals surface area contributed by atoms with Gasteiger partial charge in [-0.3, -0.25) is 4.79 Å². The number of hydrogen-bond acceptors (Lipinski definition) is 7. The number of rotatable bonds is 8. The minimum atomic E-state index is -4.03. The van der Waals surface area contributed by atoms with Gasteiger partial charge in [-0.25, -0.2) is 5.43 Å². The Morgan fingerprint density at radius 1 is 1.13 bits per heavy atom. The van der Waals surface area contributed by atoms with Gasteiger partial charge in [0.25, 0.3) is 0 Å². The highest BCUT2D eigenvalue weighted by Gasteiger charge is 2.21. The maximum Gasteiger partial charge on any atom is 0.339 e. The average Bonchev–Trinajstić information content (AvgIpc) is 3.23. The molecule has 0 bridgehead atoms. The second kappa shape index (κ2) is 9.76. The van der Waals surface area contributed by atoms with Crippen LogP contribution in [0.15, 0.2) is 63.9 Å². The van der Waals surface area contributed by atoms with Crippen molar-refractivity contribution < 1.29 is 22.1 Å². The minimum Gasteiger partial charge on any atom is -0.493 e. The maximum atomic E-state index is 12.8. The zero-order valence-electron chi connectivity index (χ0n) is 17.3. The number of nitrogens with one attached hydrogen (secondary N) is 1. The molecule has 1 N–H and O–H groups in total. The molecule has 3 aromatic rings. The summed E-state index contributed by atoms with van der Waals surface area (Å²) in [6.45, 7) is 3.52. The Bertz CT molecular complexity index is 1200. The van der Waals surface area contributed by atoms with Crippen LogP contribution in [0.2, 0.25) is 0 Å². The first-order chi connectivity index (χ1) is 14.8. The molecule has 0 aliphatic heterocycles. The molecule has 2 aromatic carbocycles. The third-order valence-electron chi connectivity index (χ3n) is 4.32. The minimum absolute atomic E-state index is 0.0577. The van der Waals surface area contributed by atoms with E-state index in [9.17, 15) is 13.2 Å². The first kappa shape index (κ1) is 22.5. The van der Waals surface area contributed by atoms with Gasteiger partial charge in [0.2, 0.25) is 5.91 Å². The predicted molar refractivity (Wildman–Crippen MR) is 120 cm³/mol. The molecule has 0 fully saturated rings. The summed E-state index contributed by atoms with van der Waals surface area (Å²) in [6, 6.07) is 13.6. The van der Waals surface area contributed by atoms with Crippen LogP contribution in [0, 0.1) is 13.8 Å². The van der Waals surface area contributed by atoms with Gasteiger partial charge < -0.3 is 8.92 Å². The summed E-state index contributed by atoms with van der Waals surface area (Å²) in [5, 5.41) is 5.84. The molecule has 0 unspecified atom stereocenters. The van der Waals surface area contributed by atoms with Gasteiger partial charge in [0.15, 0.2) is 11.5 Å². The van der Waals surface area contributed by atoms with Gasteiger partial charge in [-0.15, -0.1) is 11.3 Å². The highest BCUT2D eigenvalue weighted by atomic mass is 32.2. The van der Waals surface area contributed by atoms with E-state index >= 15 is 0 Å². The number of aryl methyl sites for hydroxylation is 2. The predicted octanol–water partition coefficient (Wildman–Crippen LogP) is 3.83. The summed E-state index contributed by atoms with van der Waals surface area (Å²) in [4.78, 5) is 12.9. The van der Waals surface area contributed by atoms with Crippen molar-refractivity contribution in [2.75, 3.05) is 7.11 Å². The van der Waals surface area contributed by atoms with E-state index in [1.165, 1.54) is 30.7 Å². The van der Waals surface area contributed by atoms with Gasteiger partial charge in [-0.1, -0.05) is 18.2 Å². The molecule has 0 radical (unpaired) electrons. The lowest BCUT2D eigenvalue weighted by atomic mass is 10.2. The van der Waals surface area contributed by atoms with Gasteiger partial charge >= 0.3 is 10.1 Å². The molecule has 162 valence electrons. The van der Waals surface area contributed by atoms with Crippen LogP contribution in [-0.4, -0.2) is 27.6 Å². The Hall–Kier alpha value is -3.17. The van der Waals surface area contributed by atoms with Crippen LogP contribution in [0.1, 0.15) is 21.6 Å². The lowest BCUT2D eigenvalue weighted by molar-refractivity contribution is -0.120. The van der Waals surface area contributed by atoms with Crippen LogP contribution < -0.4 is 14.3 Å². The van der Waals surface area contributed by atoms with Crippen molar-refractivity contribution in [3.63, 3.8) is 0 Å². The first-order valence-corrected chi connectivity index (χ1v) is 11.6. The smallest absolute Gasteiger partial charge is 0.339 e. The van der Waals surface area contributed by atoms with E-state index in [0.717, 1.165) is 10.4 Å². The first-order valence-electron chi connectivity index (χ1n) is 9.32. The molecule has 0 saturated carbocycles. The summed E-state index contributed by atoms with van der Waals surface area (Å²) < 4.78 is 36.1. The van der Waals surface area contributed by atoms with Crippen LogP contribution >= 0.6 is 11.3 Å². The van der Waals surface area contributed by atoms with Gasteiger partial charge in [0.05, 0.1) is 19.7 Å². The highest BCUT2D eigenvalue weighted by Crippen LogP contribution is 2.31. The third kappa shape index (κ3) is 5.93. The number of hydrazone groups is 1. The van der Waals surface area contributed by atoms with Crippen LogP contribution in [-0.2, 0) is 21.3 Å². The Balaban J connectivity index is 1.72. The third-order valence-corrected chi connectivity index (χ3v) is 6.57. The lowest BCUT2D eigenvalue weighted by Crippen LogP contribution is -2.19. The number of carbonyl (C=O) groups excluding carboxylic acids is 1. The number of benzene rings is 2. The van der Waals surface area contributed by atoms with Crippen LogP contribution in [0.25, 0.3) is 0 Å². The van der Waals surface area contributed by atoms with Gasteiger partial charge in [-0.05, 0) is 66.2 Å². The van der Waals surface area contributed by atoms with E-state index in [1.54, 1.807) is 31.2 Å². The monoisotopic (exact) mass is 458 g/mol. The van der Waals surface area contributed by atoms with E-state index in [4.69, 9.17) is 8.92 Å². The van der Waals surface area contributed by atoms with Crippen molar-refractivity contribution >= 4 is 33.6 Å². The van der Waals surface area contributed by atoms with Crippen molar-refractivity contribution in [2.24, 2.45) is 5.10 Å². The van der Waals surface area contributed by atoms with Crippen molar-refractivity contribution in [3.8, 4) is 11.5 Å². The molecule has 9 heteroatoms. The zero-order valence-corrected chi connectivity index (χ0v) is 18.9. The largest absolute Gasteiger partial charge is 0.493 e. The Labute approximate surface area is 185 Å². The van der Waals surface area contributed by atoms with Gasteiger partial charge in [-0.2, -0.15) is 13.5 Å². The molecule has 0 spiro atoms. The quantitative estimate of drug-likeness (QED) is 0.315. The Morgan fingerprint density at radius 2 is 1.94 bits per heavy atom. The summed E-state index contributed by atoms with van der Waals surface area (Å²) >= 11 is 1.50. The van der Waals surface area contributed by atoms with Gasteiger partial charge in [0.1, 0.15) is 4.90 Å². The standard InChI is InChI=1S/C22H22N2O5S2/c1-15-6-7-16(2)21(11-15)31(26,27)29-19-9-8-17(12-20(19)28-3)14-23-24-22(25)13-18-5-4-10-30-18/h4-12,14H,13H2,1-3H3,(H,24,25)/b23-14+. The average molecular weight is 459 g/mol. The van der Waals surface area contributed by atoms with Crippen molar-refractivity contribution in [2.45, 2.75) is 25.2 Å². The highest BCUT2D eigenvalue weighted by molar-refractivity contribution is 7.87. The second-order valence-corrected chi connectivity index (χ2v) is 9.31. The summed E-state index contributed by atoms with van der Waals surface area (Å²) in [6.07, 6.45) is 1.69. The van der Waals surface area contributed by atoms with Crippen molar-refractivity contribution in [1.29, 1.82) is 0 Å². The van der Waals surface area contributed by atoms with Crippen LogP contribution in [0.5, 0.6) is 11.5 Å². The molecule has 3 rings (SSSR count). The zero-order chi connectivity index (χ0) is 22.4. The van der Waals surface area contributed by atoms with E-state index in [1.807, 2.05) is 30.5 Å². The fourth-order valence-corrected chi connectivity index (χ4v) is 4.72. The van der Waals surface area contributed by atoms with Crippen molar-refractivity contribution in [3.05, 3.63) is 75.5 Å². The SMILES string of the molecule is COc1cc(/C=N/NC(=O)Cc2cccs2)ccc1OS(=O)(=O)c1cc(C)ccc1C. The summed E-state index contributed by atoms with van der Waals surface area (Å²) in [7, 11) is -2.62. The number of ether oxygens (including phenoxy) is 1. The molecule has 1 heterocycles. The molecule has 31 heavy (non-hydrogen) atoms. The van der Waals surface area contributed by atoms with Gasteiger partial charge in [0, 0.05) is 4.88 Å². The molecule has 0 saturated heterocycles. The topological polar surface area (TPSA) is 94.1 Å². The van der Waals surface area contributed by atoms with E-state index in [0.29, 0.717) is 11.1 Å². The number of carbonyl (C=O) groups is 1. The fraction of sp³-hybridized carbons (Fsp3) is 0.182. The van der Waals surface area contributed by atoms with Crippen LogP contribution in [0.4, 0.5) is 0 Å². The van der Waals surface area contributed by atoms with Crippen LogP contribution in [0.3, 0.4) is 0 Å². The molecule has 7 nitrogen and oxygen atoms in total. The maximum absolute atomic E-state index is 12.8. The normalized spacial score (nSPS) is 11.5. The van der Waals surface area contributed by atoms with E-state index in [-0.39, 0.29) is 28.7 Å². The summed E-state index contributed by atoms with van der Waals surface area (Å²) in [5.74, 6) is 0.0512. The molecule has 0 atom stereocenters. The van der Waals surface area contributed by atoms with E-state index < -0.39 is 10.1 Å². The molecule has 0 aliphatic rings. The molecule has 1 aromatic heterocycles. The number of thiophene rings is 1. The number of nitrogens with zero attached hydrogens (tertiary/aromatic N) is 1. The molecule has 0 aliphatic carbocycles. The van der Waals surface area contributed by atoms with Crippen molar-refractivity contribution in [1.82, 2.24) is 5.43 Å². The van der Waals surface area contributed by atoms with E-state index in [2.05, 4.69) is 10.5 Å². The molecule has 1 amide bonds. The Kier molecular flexibility index (Phi) is 7.09. The lowest BCUT2D eigenvalue weighted by Gasteiger charge is -2.13. The number of hydrogen-bond donors (Lipinski definition) is 1. The second-order valence-electron chi connectivity index (χ2n) is 6.77. The Morgan fingerprint density at radius 3 is 2.65 bits per heavy atom. The fourth-order valence-electron chi connectivity index (χ4n) is 2.76. The number of methoxy groups -OCH3 is 1. The molecular formula is C22H22N2O5S2. The number of amides is 1. The molecular weight excluding hydrogens is 436 g/mol.